The first-order valence-electron chi connectivity index (χ1n) is 5.44. The van der Waals surface area contributed by atoms with Gasteiger partial charge < -0.3 is 4.74 Å². The van der Waals surface area contributed by atoms with Crippen LogP contribution in [0.3, 0.4) is 0 Å². The number of rotatable bonds is 3. The standard InChI is InChI=1S/C14H14BrNO/c1-10-3-11(2)5-14(4-10)17-9-12-6-13(15)8-16-7-12/h3-8H,9H2,1-2H3. The molecule has 2 nitrogen and oxygen atoms in total. The third-order valence-corrected chi connectivity index (χ3v) is 2.80. The average molecular weight is 292 g/mol. The molecular weight excluding hydrogens is 278 g/mol. The lowest BCUT2D eigenvalue weighted by molar-refractivity contribution is 0.305. The third kappa shape index (κ3) is 3.56. The van der Waals surface area contributed by atoms with E-state index in [9.17, 15) is 0 Å². The van der Waals surface area contributed by atoms with Crippen LogP contribution in [0.1, 0.15) is 16.7 Å². The van der Waals surface area contributed by atoms with E-state index in [1.165, 1.54) is 11.1 Å². The quantitative estimate of drug-likeness (QED) is 0.851. The summed E-state index contributed by atoms with van der Waals surface area (Å²) in [6.45, 7) is 4.68. The minimum absolute atomic E-state index is 0.537. The zero-order chi connectivity index (χ0) is 12.3. The van der Waals surface area contributed by atoms with Crippen LogP contribution in [0.25, 0.3) is 0 Å². The first-order valence-corrected chi connectivity index (χ1v) is 6.23. The SMILES string of the molecule is Cc1cc(C)cc(OCc2cncc(Br)c2)c1. The second-order valence-electron chi connectivity index (χ2n) is 4.12. The van der Waals surface area contributed by atoms with Crippen molar-refractivity contribution in [1.29, 1.82) is 0 Å². The van der Waals surface area contributed by atoms with Crippen molar-refractivity contribution in [3.63, 3.8) is 0 Å². The second-order valence-corrected chi connectivity index (χ2v) is 5.04. The van der Waals surface area contributed by atoms with Crippen LogP contribution in [0, 0.1) is 13.8 Å². The van der Waals surface area contributed by atoms with Crippen LogP contribution in [0.4, 0.5) is 0 Å². The number of nitrogens with zero attached hydrogens (tertiary/aromatic N) is 1. The van der Waals surface area contributed by atoms with E-state index in [4.69, 9.17) is 4.74 Å². The van der Waals surface area contributed by atoms with Gasteiger partial charge in [-0.25, -0.2) is 0 Å². The number of aryl methyl sites for hydroxylation is 2. The van der Waals surface area contributed by atoms with E-state index in [0.717, 1.165) is 15.8 Å². The van der Waals surface area contributed by atoms with Crippen molar-refractivity contribution >= 4 is 15.9 Å². The highest BCUT2D eigenvalue weighted by Gasteiger charge is 1.99. The van der Waals surface area contributed by atoms with Gasteiger partial charge in [-0.05, 0) is 59.1 Å². The van der Waals surface area contributed by atoms with Crippen LogP contribution in [0.5, 0.6) is 5.75 Å². The molecule has 1 aromatic carbocycles. The minimum atomic E-state index is 0.537. The van der Waals surface area contributed by atoms with Gasteiger partial charge in [0.05, 0.1) is 0 Å². The Balaban J connectivity index is 2.07. The molecule has 2 rings (SSSR count). The Morgan fingerprint density at radius 2 is 1.76 bits per heavy atom. The van der Waals surface area contributed by atoms with Crippen molar-refractivity contribution in [2.24, 2.45) is 0 Å². The fraction of sp³-hybridized carbons (Fsp3) is 0.214. The summed E-state index contributed by atoms with van der Waals surface area (Å²) in [5.41, 5.74) is 3.48. The van der Waals surface area contributed by atoms with E-state index in [0.29, 0.717) is 6.61 Å². The van der Waals surface area contributed by atoms with Crippen molar-refractivity contribution in [3.05, 3.63) is 57.8 Å². The van der Waals surface area contributed by atoms with Gasteiger partial charge >= 0.3 is 0 Å². The van der Waals surface area contributed by atoms with Crippen molar-refractivity contribution in [2.75, 3.05) is 0 Å². The van der Waals surface area contributed by atoms with Gasteiger partial charge in [-0.15, -0.1) is 0 Å². The Hall–Kier alpha value is -1.35. The molecule has 0 saturated carbocycles. The fourth-order valence-electron chi connectivity index (χ4n) is 1.72. The molecule has 2 aromatic rings. The van der Waals surface area contributed by atoms with E-state index >= 15 is 0 Å². The van der Waals surface area contributed by atoms with Crippen LogP contribution < -0.4 is 4.74 Å². The molecule has 88 valence electrons. The van der Waals surface area contributed by atoms with Gasteiger partial charge in [0.1, 0.15) is 12.4 Å². The van der Waals surface area contributed by atoms with E-state index in [-0.39, 0.29) is 0 Å². The molecule has 0 aliphatic heterocycles. The van der Waals surface area contributed by atoms with Gasteiger partial charge in [0, 0.05) is 22.4 Å². The Bertz CT molecular complexity index is 505. The van der Waals surface area contributed by atoms with Gasteiger partial charge in [-0.3, -0.25) is 4.98 Å². The lowest BCUT2D eigenvalue weighted by Crippen LogP contribution is -1.96. The van der Waals surface area contributed by atoms with E-state index < -0.39 is 0 Å². The Morgan fingerprint density at radius 3 is 2.41 bits per heavy atom. The smallest absolute Gasteiger partial charge is 0.120 e. The molecule has 0 fully saturated rings. The Morgan fingerprint density at radius 1 is 1.06 bits per heavy atom. The normalized spacial score (nSPS) is 10.3. The highest BCUT2D eigenvalue weighted by Crippen LogP contribution is 2.18. The predicted molar refractivity (Wildman–Crippen MR) is 72.2 cm³/mol. The third-order valence-electron chi connectivity index (χ3n) is 2.36. The highest BCUT2D eigenvalue weighted by molar-refractivity contribution is 9.10. The molecule has 0 aliphatic rings. The summed E-state index contributed by atoms with van der Waals surface area (Å²) in [7, 11) is 0. The molecule has 1 heterocycles. The maximum Gasteiger partial charge on any atom is 0.120 e. The van der Waals surface area contributed by atoms with Crippen LogP contribution in [0.15, 0.2) is 41.1 Å². The lowest BCUT2D eigenvalue weighted by Gasteiger charge is -2.08. The molecule has 0 atom stereocenters. The number of hydrogen-bond donors (Lipinski definition) is 0. The topological polar surface area (TPSA) is 22.1 Å². The van der Waals surface area contributed by atoms with E-state index in [1.807, 2.05) is 24.4 Å². The molecule has 0 saturated heterocycles. The van der Waals surface area contributed by atoms with Crippen molar-refractivity contribution in [1.82, 2.24) is 4.98 Å². The van der Waals surface area contributed by atoms with Gasteiger partial charge in [-0.2, -0.15) is 0 Å². The van der Waals surface area contributed by atoms with Crippen LogP contribution in [-0.4, -0.2) is 4.98 Å². The fourth-order valence-corrected chi connectivity index (χ4v) is 2.13. The number of pyridine rings is 1. The zero-order valence-corrected chi connectivity index (χ0v) is 11.5. The summed E-state index contributed by atoms with van der Waals surface area (Å²) in [6, 6.07) is 8.22. The molecule has 1 aromatic heterocycles. The number of hydrogen-bond acceptors (Lipinski definition) is 2. The molecule has 3 heteroatoms. The summed E-state index contributed by atoms with van der Waals surface area (Å²) >= 11 is 3.39. The van der Waals surface area contributed by atoms with Gasteiger partial charge in [-0.1, -0.05) is 6.07 Å². The summed E-state index contributed by atoms with van der Waals surface area (Å²) in [5, 5.41) is 0. The monoisotopic (exact) mass is 291 g/mol. The number of ether oxygens (including phenoxy) is 1. The summed E-state index contributed by atoms with van der Waals surface area (Å²) < 4.78 is 6.72. The molecule has 0 N–H and O–H groups in total. The number of aromatic nitrogens is 1. The predicted octanol–water partition coefficient (Wildman–Crippen LogP) is 4.04. The van der Waals surface area contributed by atoms with Crippen molar-refractivity contribution in [2.45, 2.75) is 20.5 Å². The van der Waals surface area contributed by atoms with Crippen molar-refractivity contribution in [3.8, 4) is 5.75 Å². The van der Waals surface area contributed by atoms with Gasteiger partial charge in [0.2, 0.25) is 0 Å². The van der Waals surface area contributed by atoms with Gasteiger partial charge in [0.15, 0.2) is 0 Å². The van der Waals surface area contributed by atoms with Crippen LogP contribution in [0.2, 0.25) is 0 Å². The lowest BCUT2D eigenvalue weighted by atomic mass is 10.1. The molecule has 0 spiro atoms. The van der Waals surface area contributed by atoms with Crippen LogP contribution in [-0.2, 0) is 6.61 Å². The van der Waals surface area contributed by atoms with E-state index in [2.05, 4.69) is 40.8 Å². The van der Waals surface area contributed by atoms with Crippen LogP contribution >= 0.6 is 15.9 Å². The molecular formula is C14H14BrNO. The summed E-state index contributed by atoms with van der Waals surface area (Å²) in [4.78, 5) is 4.10. The Kier molecular flexibility index (Phi) is 3.79. The molecule has 0 radical (unpaired) electrons. The molecule has 0 bridgehead atoms. The zero-order valence-electron chi connectivity index (χ0n) is 9.90. The number of halogens is 1. The second kappa shape index (κ2) is 5.32. The first kappa shape index (κ1) is 12.1. The molecule has 0 amide bonds. The summed E-state index contributed by atoms with van der Waals surface area (Å²) in [5.74, 6) is 0.905. The Labute approximate surface area is 110 Å². The highest BCUT2D eigenvalue weighted by atomic mass is 79.9. The maximum absolute atomic E-state index is 5.75. The first-order chi connectivity index (χ1) is 8.13. The maximum atomic E-state index is 5.75. The van der Waals surface area contributed by atoms with Crippen molar-refractivity contribution < 1.29 is 4.74 Å². The van der Waals surface area contributed by atoms with E-state index in [1.54, 1.807) is 6.20 Å². The molecule has 17 heavy (non-hydrogen) atoms. The molecule has 0 aliphatic carbocycles. The van der Waals surface area contributed by atoms with Gasteiger partial charge in [0.25, 0.3) is 0 Å². The largest absolute Gasteiger partial charge is 0.489 e. The minimum Gasteiger partial charge on any atom is -0.489 e. The number of benzene rings is 1. The average Bonchev–Trinajstić information content (AvgIpc) is 2.25. The summed E-state index contributed by atoms with van der Waals surface area (Å²) in [6.07, 6.45) is 3.58. The molecule has 0 unspecified atom stereocenters.